The van der Waals surface area contributed by atoms with Gasteiger partial charge < -0.3 is 5.32 Å². The van der Waals surface area contributed by atoms with Crippen LogP contribution >= 0.6 is 0 Å². The van der Waals surface area contributed by atoms with Crippen molar-refractivity contribution in [2.45, 2.75) is 18.9 Å². The van der Waals surface area contributed by atoms with Crippen LogP contribution in [-0.2, 0) is 0 Å². The highest BCUT2D eigenvalue weighted by atomic mass is 15.5. The zero-order valence-electron chi connectivity index (χ0n) is 8.74. The fourth-order valence-corrected chi connectivity index (χ4v) is 1.99. The second-order valence-electron chi connectivity index (χ2n) is 3.80. The van der Waals surface area contributed by atoms with E-state index in [1.165, 1.54) is 6.42 Å². The fourth-order valence-electron chi connectivity index (χ4n) is 1.99. The van der Waals surface area contributed by atoms with Gasteiger partial charge in [0.1, 0.15) is 0 Å². The SMILES string of the molecule is c1cc(-n2nnnc2C2CCCN2)ccn1. The number of aromatic nitrogens is 5. The van der Waals surface area contributed by atoms with E-state index in [0.29, 0.717) is 0 Å². The highest BCUT2D eigenvalue weighted by Crippen LogP contribution is 2.21. The molecule has 0 saturated carbocycles. The Bertz CT molecular complexity index is 459. The fraction of sp³-hybridized carbons (Fsp3) is 0.400. The van der Waals surface area contributed by atoms with E-state index in [1.54, 1.807) is 17.1 Å². The monoisotopic (exact) mass is 216 g/mol. The summed E-state index contributed by atoms with van der Waals surface area (Å²) in [7, 11) is 0. The van der Waals surface area contributed by atoms with Gasteiger partial charge in [-0.15, -0.1) is 5.10 Å². The van der Waals surface area contributed by atoms with Gasteiger partial charge in [0.15, 0.2) is 5.82 Å². The van der Waals surface area contributed by atoms with Gasteiger partial charge in [0.05, 0.1) is 11.7 Å². The average Bonchev–Trinajstić information content (AvgIpc) is 3.01. The number of pyridine rings is 1. The van der Waals surface area contributed by atoms with E-state index in [0.717, 1.165) is 24.5 Å². The number of rotatable bonds is 2. The van der Waals surface area contributed by atoms with Gasteiger partial charge in [0.25, 0.3) is 0 Å². The third kappa shape index (κ3) is 1.57. The Kier molecular flexibility index (Phi) is 2.34. The van der Waals surface area contributed by atoms with Crippen molar-refractivity contribution in [1.29, 1.82) is 0 Å². The predicted molar refractivity (Wildman–Crippen MR) is 56.9 cm³/mol. The van der Waals surface area contributed by atoms with Crippen LogP contribution in [0.15, 0.2) is 24.5 Å². The van der Waals surface area contributed by atoms with Crippen molar-refractivity contribution in [3.8, 4) is 5.69 Å². The molecule has 1 atom stereocenters. The molecular formula is C10H12N6. The quantitative estimate of drug-likeness (QED) is 0.790. The molecule has 0 aliphatic carbocycles. The minimum atomic E-state index is 0.267. The highest BCUT2D eigenvalue weighted by Gasteiger charge is 2.22. The van der Waals surface area contributed by atoms with E-state index in [9.17, 15) is 0 Å². The highest BCUT2D eigenvalue weighted by molar-refractivity contribution is 5.28. The van der Waals surface area contributed by atoms with E-state index in [2.05, 4.69) is 25.8 Å². The second-order valence-corrected chi connectivity index (χ2v) is 3.80. The molecule has 82 valence electrons. The summed E-state index contributed by atoms with van der Waals surface area (Å²) in [5.41, 5.74) is 0.948. The summed E-state index contributed by atoms with van der Waals surface area (Å²) in [6, 6.07) is 4.06. The van der Waals surface area contributed by atoms with Gasteiger partial charge in [0.2, 0.25) is 0 Å². The van der Waals surface area contributed by atoms with Gasteiger partial charge in [-0.25, -0.2) is 0 Å². The third-order valence-electron chi connectivity index (χ3n) is 2.77. The Morgan fingerprint density at radius 2 is 2.19 bits per heavy atom. The molecule has 0 bridgehead atoms. The standard InChI is InChI=1S/C10H12N6/c1-2-9(12-5-1)10-13-14-15-16(10)8-3-6-11-7-4-8/h3-4,6-7,9,12H,1-2,5H2. The van der Waals surface area contributed by atoms with Gasteiger partial charge >= 0.3 is 0 Å². The lowest BCUT2D eigenvalue weighted by atomic mass is 10.2. The van der Waals surface area contributed by atoms with Gasteiger partial charge in [-0.05, 0) is 41.9 Å². The van der Waals surface area contributed by atoms with Gasteiger partial charge in [-0.1, -0.05) is 0 Å². The minimum Gasteiger partial charge on any atom is -0.307 e. The minimum absolute atomic E-state index is 0.267. The largest absolute Gasteiger partial charge is 0.307 e. The summed E-state index contributed by atoms with van der Waals surface area (Å²) in [6.07, 6.45) is 5.74. The van der Waals surface area contributed by atoms with Crippen molar-refractivity contribution in [3.05, 3.63) is 30.4 Å². The summed E-state index contributed by atoms with van der Waals surface area (Å²) in [5.74, 6) is 0.878. The van der Waals surface area contributed by atoms with Crippen LogP contribution in [0.5, 0.6) is 0 Å². The van der Waals surface area contributed by atoms with Crippen LogP contribution in [0.1, 0.15) is 24.7 Å². The molecule has 2 aromatic heterocycles. The molecule has 16 heavy (non-hydrogen) atoms. The van der Waals surface area contributed by atoms with Crippen molar-refractivity contribution in [2.24, 2.45) is 0 Å². The Labute approximate surface area is 92.7 Å². The van der Waals surface area contributed by atoms with Crippen molar-refractivity contribution >= 4 is 0 Å². The molecular weight excluding hydrogens is 204 g/mol. The number of hydrogen-bond donors (Lipinski definition) is 1. The summed E-state index contributed by atoms with van der Waals surface area (Å²) in [5, 5.41) is 15.2. The molecule has 2 aromatic rings. The first-order chi connectivity index (χ1) is 7.95. The number of nitrogens with zero attached hydrogens (tertiary/aromatic N) is 5. The molecule has 1 aliphatic heterocycles. The van der Waals surface area contributed by atoms with Crippen molar-refractivity contribution in [1.82, 2.24) is 30.5 Å². The molecule has 1 saturated heterocycles. The van der Waals surface area contributed by atoms with Crippen LogP contribution < -0.4 is 5.32 Å². The van der Waals surface area contributed by atoms with Crippen LogP contribution in [0.25, 0.3) is 5.69 Å². The van der Waals surface area contributed by atoms with Crippen molar-refractivity contribution in [2.75, 3.05) is 6.54 Å². The van der Waals surface area contributed by atoms with E-state index >= 15 is 0 Å². The first kappa shape index (κ1) is 9.41. The zero-order valence-corrected chi connectivity index (χ0v) is 8.74. The number of nitrogens with one attached hydrogen (secondary N) is 1. The molecule has 0 spiro atoms. The maximum Gasteiger partial charge on any atom is 0.173 e. The van der Waals surface area contributed by atoms with Gasteiger partial charge in [0, 0.05) is 12.4 Å². The first-order valence-electron chi connectivity index (χ1n) is 5.37. The van der Waals surface area contributed by atoms with Crippen molar-refractivity contribution in [3.63, 3.8) is 0 Å². The average molecular weight is 216 g/mol. The van der Waals surface area contributed by atoms with Crippen LogP contribution in [0.2, 0.25) is 0 Å². The molecule has 0 amide bonds. The first-order valence-corrected chi connectivity index (χ1v) is 5.37. The maximum atomic E-state index is 4.09. The molecule has 1 N–H and O–H groups in total. The molecule has 0 aromatic carbocycles. The normalized spacial score (nSPS) is 20.1. The lowest BCUT2D eigenvalue weighted by Crippen LogP contribution is -2.18. The lowest BCUT2D eigenvalue weighted by Gasteiger charge is -2.09. The van der Waals surface area contributed by atoms with E-state index in [-0.39, 0.29) is 6.04 Å². The predicted octanol–water partition coefficient (Wildman–Crippen LogP) is 0.482. The summed E-state index contributed by atoms with van der Waals surface area (Å²) in [4.78, 5) is 3.98. The van der Waals surface area contributed by atoms with Gasteiger partial charge in [-0.2, -0.15) is 4.68 Å². The Morgan fingerprint density at radius 1 is 1.31 bits per heavy atom. The molecule has 1 unspecified atom stereocenters. The second kappa shape index (κ2) is 3.97. The Morgan fingerprint density at radius 3 is 2.94 bits per heavy atom. The van der Waals surface area contributed by atoms with Gasteiger partial charge in [-0.3, -0.25) is 4.98 Å². The third-order valence-corrected chi connectivity index (χ3v) is 2.77. The van der Waals surface area contributed by atoms with E-state index in [4.69, 9.17) is 0 Å². The molecule has 6 heteroatoms. The van der Waals surface area contributed by atoms with Crippen LogP contribution in [-0.4, -0.2) is 31.7 Å². The zero-order chi connectivity index (χ0) is 10.8. The summed E-state index contributed by atoms with van der Waals surface area (Å²) >= 11 is 0. The topological polar surface area (TPSA) is 68.5 Å². The smallest absolute Gasteiger partial charge is 0.173 e. The maximum absolute atomic E-state index is 4.09. The van der Waals surface area contributed by atoms with Crippen molar-refractivity contribution < 1.29 is 0 Å². The lowest BCUT2D eigenvalue weighted by molar-refractivity contribution is 0.583. The summed E-state index contributed by atoms with van der Waals surface area (Å²) < 4.78 is 1.77. The number of tetrazole rings is 1. The van der Waals surface area contributed by atoms with E-state index < -0.39 is 0 Å². The summed E-state index contributed by atoms with van der Waals surface area (Å²) in [6.45, 7) is 1.04. The molecule has 3 heterocycles. The van der Waals surface area contributed by atoms with Crippen LogP contribution in [0.3, 0.4) is 0 Å². The Hall–Kier alpha value is -1.82. The van der Waals surface area contributed by atoms with Crippen LogP contribution in [0.4, 0.5) is 0 Å². The molecule has 3 rings (SSSR count). The van der Waals surface area contributed by atoms with Crippen LogP contribution in [0, 0.1) is 0 Å². The molecule has 1 aliphatic rings. The number of hydrogen-bond acceptors (Lipinski definition) is 5. The Balaban J connectivity index is 1.99. The van der Waals surface area contributed by atoms with E-state index in [1.807, 2.05) is 12.1 Å². The molecule has 6 nitrogen and oxygen atoms in total. The molecule has 1 fully saturated rings. The molecule has 0 radical (unpaired) electrons.